The van der Waals surface area contributed by atoms with Crippen molar-refractivity contribution in [2.24, 2.45) is 0 Å². The maximum Gasteiger partial charge on any atom is 0.246 e. The first-order chi connectivity index (χ1) is 12.5. The molecule has 4 nitrogen and oxygen atoms in total. The van der Waals surface area contributed by atoms with Crippen LogP contribution in [0.2, 0.25) is 5.02 Å². The van der Waals surface area contributed by atoms with E-state index >= 15 is 0 Å². The van der Waals surface area contributed by atoms with E-state index < -0.39 is 5.82 Å². The van der Waals surface area contributed by atoms with Crippen molar-refractivity contribution in [3.05, 3.63) is 89.2 Å². The topological polar surface area (TPSA) is 38.1 Å². The predicted octanol–water partition coefficient (Wildman–Crippen LogP) is 4.34. The molecule has 2 aromatic carbocycles. The first-order valence-corrected chi connectivity index (χ1v) is 8.37. The van der Waals surface area contributed by atoms with E-state index in [2.05, 4.69) is 4.98 Å². The van der Waals surface area contributed by atoms with Crippen molar-refractivity contribution in [2.75, 3.05) is 7.05 Å². The van der Waals surface area contributed by atoms with Gasteiger partial charge in [0.15, 0.2) is 0 Å². The molecule has 0 saturated heterocycles. The van der Waals surface area contributed by atoms with Gasteiger partial charge in [-0.25, -0.2) is 9.37 Å². The second-order valence-electron chi connectivity index (χ2n) is 5.79. The number of likely N-dealkylation sites (N-methyl/N-ethyl adjacent to an activating group) is 1. The van der Waals surface area contributed by atoms with E-state index in [0.29, 0.717) is 10.6 Å². The third-order valence-corrected chi connectivity index (χ3v) is 4.30. The Balaban J connectivity index is 1.65. The second-order valence-corrected chi connectivity index (χ2v) is 6.20. The van der Waals surface area contributed by atoms with Crippen molar-refractivity contribution in [1.82, 2.24) is 14.5 Å². The van der Waals surface area contributed by atoms with E-state index in [-0.39, 0.29) is 12.5 Å². The van der Waals surface area contributed by atoms with E-state index in [1.54, 1.807) is 31.7 Å². The molecule has 26 heavy (non-hydrogen) atoms. The van der Waals surface area contributed by atoms with Gasteiger partial charge in [-0.15, -0.1) is 0 Å². The van der Waals surface area contributed by atoms with E-state index in [1.807, 2.05) is 35.0 Å². The average molecular weight is 370 g/mol. The van der Waals surface area contributed by atoms with Crippen molar-refractivity contribution >= 4 is 23.6 Å². The summed E-state index contributed by atoms with van der Waals surface area (Å²) < 4.78 is 15.7. The van der Waals surface area contributed by atoms with Crippen molar-refractivity contribution in [2.45, 2.75) is 6.54 Å². The van der Waals surface area contributed by atoms with Gasteiger partial charge < -0.3 is 9.47 Å². The zero-order chi connectivity index (χ0) is 18.5. The highest BCUT2D eigenvalue weighted by Gasteiger charge is 2.12. The lowest BCUT2D eigenvalue weighted by molar-refractivity contribution is -0.125. The number of rotatable bonds is 5. The molecule has 0 radical (unpaired) electrons. The largest absolute Gasteiger partial charge is 0.338 e. The van der Waals surface area contributed by atoms with E-state index in [1.165, 1.54) is 23.1 Å². The number of hydrogen-bond acceptors (Lipinski definition) is 2. The molecule has 1 aromatic heterocycles. The third-order valence-electron chi connectivity index (χ3n) is 3.95. The summed E-state index contributed by atoms with van der Waals surface area (Å²) in [6.07, 6.45) is 8.47. The standard InChI is InChI=1S/C20H17ClFN3O/c1-24(13-17-18(21)3-2-4-19(17)22)20(26)10-7-15-5-8-16(9-6-15)25-12-11-23-14-25/h2-12,14H,13H2,1H3/b10-7+. The van der Waals surface area contributed by atoms with Gasteiger partial charge >= 0.3 is 0 Å². The van der Waals surface area contributed by atoms with Gasteiger partial charge in [-0.1, -0.05) is 29.8 Å². The molecule has 0 atom stereocenters. The molecule has 0 unspecified atom stereocenters. The van der Waals surface area contributed by atoms with Crippen LogP contribution in [0.3, 0.4) is 0 Å². The van der Waals surface area contributed by atoms with Crippen LogP contribution in [0.5, 0.6) is 0 Å². The van der Waals surface area contributed by atoms with Gasteiger partial charge in [0, 0.05) is 48.3 Å². The first kappa shape index (κ1) is 17.9. The number of aromatic nitrogens is 2. The smallest absolute Gasteiger partial charge is 0.246 e. The number of halogens is 2. The molecule has 0 aliphatic heterocycles. The minimum Gasteiger partial charge on any atom is -0.338 e. The van der Waals surface area contributed by atoms with Crippen LogP contribution < -0.4 is 0 Å². The van der Waals surface area contributed by atoms with Gasteiger partial charge in [-0.3, -0.25) is 4.79 Å². The maximum atomic E-state index is 13.8. The highest BCUT2D eigenvalue weighted by Crippen LogP contribution is 2.20. The normalized spacial score (nSPS) is 11.0. The minimum absolute atomic E-state index is 0.105. The summed E-state index contributed by atoms with van der Waals surface area (Å²) in [6.45, 7) is 0.105. The molecule has 0 saturated carbocycles. The molecule has 0 N–H and O–H groups in total. The summed E-state index contributed by atoms with van der Waals surface area (Å²) in [5.41, 5.74) is 2.18. The summed E-state index contributed by atoms with van der Waals surface area (Å²) in [6, 6.07) is 12.2. The van der Waals surface area contributed by atoms with Gasteiger partial charge in [0.2, 0.25) is 5.91 Å². The highest BCUT2D eigenvalue weighted by atomic mass is 35.5. The Labute approximate surface area is 156 Å². The van der Waals surface area contributed by atoms with Gasteiger partial charge in [0.05, 0.1) is 6.33 Å². The van der Waals surface area contributed by atoms with Crippen LogP contribution >= 0.6 is 11.6 Å². The van der Waals surface area contributed by atoms with Crippen LogP contribution in [0.4, 0.5) is 4.39 Å². The molecule has 132 valence electrons. The van der Waals surface area contributed by atoms with Gasteiger partial charge in [0.25, 0.3) is 0 Å². The fraction of sp³-hybridized carbons (Fsp3) is 0.100. The zero-order valence-electron chi connectivity index (χ0n) is 14.1. The molecular formula is C20H17ClFN3O. The molecule has 0 aliphatic rings. The van der Waals surface area contributed by atoms with Crippen LogP contribution in [-0.4, -0.2) is 27.4 Å². The molecule has 6 heteroatoms. The Morgan fingerprint density at radius 3 is 2.69 bits per heavy atom. The van der Waals surface area contributed by atoms with Gasteiger partial charge in [-0.2, -0.15) is 0 Å². The molecule has 0 aliphatic carbocycles. The van der Waals surface area contributed by atoms with Crippen LogP contribution in [0.1, 0.15) is 11.1 Å². The zero-order valence-corrected chi connectivity index (χ0v) is 14.9. The fourth-order valence-electron chi connectivity index (χ4n) is 2.46. The number of benzene rings is 2. The van der Waals surface area contributed by atoms with Crippen LogP contribution in [0.15, 0.2) is 67.3 Å². The van der Waals surface area contributed by atoms with Crippen molar-refractivity contribution in [3.8, 4) is 5.69 Å². The second kappa shape index (κ2) is 7.97. The fourth-order valence-corrected chi connectivity index (χ4v) is 2.69. The number of nitrogens with zero attached hydrogens (tertiary/aromatic N) is 3. The predicted molar refractivity (Wildman–Crippen MR) is 100 cm³/mol. The van der Waals surface area contributed by atoms with E-state index in [4.69, 9.17) is 11.6 Å². The van der Waals surface area contributed by atoms with Gasteiger partial charge in [0.1, 0.15) is 5.82 Å². The first-order valence-electron chi connectivity index (χ1n) is 7.99. The van der Waals surface area contributed by atoms with E-state index in [9.17, 15) is 9.18 Å². The lowest BCUT2D eigenvalue weighted by atomic mass is 10.1. The molecule has 3 aromatic rings. The Morgan fingerprint density at radius 2 is 2.04 bits per heavy atom. The molecule has 0 bridgehead atoms. The molecule has 0 fully saturated rings. The number of carbonyl (C=O) groups excluding carboxylic acids is 1. The quantitative estimate of drug-likeness (QED) is 0.627. The lowest BCUT2D eigenvalue weighted by Gasteiger charge is -2.16. The highest BCUT2D eigenvalue weighted by molar-refractivity contribution is 6.31. The van der Waals surface area contributed by atoms with Crippen molar-refractivity contribution < 1.29 is 9.18 Å². The molecule has 3 rings (SSSR count). The number of amides is 1. The Morgan fingerprint density at radius 1 is 1.27 bits per heavy atom. The summed E-state index contributed by atoms with van der Waals surface area (Å²) in [7, 11) is 1.61. The number of imidazole rings is 1. The summed E-state index contributed by atoms with van der Waals surface area (Å²) >= 11 is 6.01. The number of hydrogen-bond donors (Lipinski definition) is 0. The third kappa shape index (κ3) is 4.18. The van der Waals surface area contributed by atoms with Crippen LogP contribution in [0.25, 0.3) is 11.8 Å². The molecule has 1 amide bonds. The van der Waals surface area contributed by atoms with E-state index in [0.717, 1.165) is 11.3 Å². The SMILES string of the molecule is CN(Cc1c(F)cccc1Cl)C(=O)/C=C/c1ccc(-n2ccnc2)cc1. The average Bonchev–Trinajstić information content (AvgIpc) is 3.18. The minimum atomic E-state index is -0.420. The Hall–Kier alpha value is -2.92. The monoisotopic (exact) mass is 369 g/mol. The number of carbonyl (C=O) groups is 1. The van der Waals surface area contributed by atoms with Gasteiger partial charge in [-0.05, 0) is 35.9 Å². The summed E-state index contributed by atoms with van der Waals surface area (Å²) in [5.74, 6) is -0.653. The summed E-state index contributed by atoms with van der Waals surface area (Å²) in [4.78, 5) is 17.7. The van der Waals surface area contributed by atoms with Crippen LogP contribution in [-0.2, 0) is 11.3 Å². The molecule has 1 heterocycles. The lowest BCUT2D eigenvalue weighted by Crippen LogP contribution is -2.24. The maximum absolute atomic E-state index is 13.8. The van der Waals surface area contributed by atoms with Crippen molar-refractivity contribution in [3.63, 3.8) is 0 Å². The molecule has 0 spiro atoms. The molecular weight excluding hydrogens is 353 g/mol. The van der Waals surface area contributed by atoms with Crippen molar-refractivity contribution in [1.29, 1.82) is 0 Å². The van der Waals surface area contributed by atoms with Crippen LogP contribution in [0, 0.1) is 5.82 Å². The summed E-state index contributed by atoms with van der Waals surface area (Å²) in [5, 5.41) is 0.309. The Kier molecular flexibility index (Phi) is 5.49. The Bertz CT molecular complexity index is 900.